The van der Waals surface area contributed by atoms with E-state index in [9.17, 15) is 0 Å². The van der Waals surface area contributed by atoms with Gasteiger partial charge in [-0.25, -0.2) is 0 Å². The summed E-state index contributed by atoms with van der Waals surface area (Å²) in [5, 5.41) is 0. The number of rotatable bonds is 0. The van der Waals surface area contributed by atoms with Gasteiger partial charge in [0, 0.05) is 0 Å². The van der Waals surface area contributed by atoms with Gasteiger partial charge in [0.2, 0.25) is 0 Å². The van der Waals surface area contributed by atoms with Gasteiger partial charge in [0.15, 0.2) is 0 Å². The minimum absolute atomic E-state index is 0.232. The number of fused-ring (bicyclic) bond motifs is 1. The standard InChI is InChI=1S/C7H4.Sn/c1-7-5-3-2-4-6-7;/h2-5H;. The molecule has 0 saturated heterocycles. The fraction of sp³-hybridized carbons (Fsp3) is 0. The molecule has 0 unspecified atom stereocenters. The fourth-order valence-corrected chi connectivity index (χ4v) is 2.94. The van der Waals surface area contributed by atoms with Crippen molar-refractivity contribution >= 4 is 24.0 Å². The van der Waals surface area contributed by atoms with Gasteiger partial charge in [-0.2, -0.15) is 0 Å². The normalized spacial score (nSPS) is 10.5. The first-order chi connectivity index (χ1) is 3.97. The average molecular weight is 207 g/mol. The first-order valence-electron chi connectivity index (χ1n) is 2.58. The van der Waals surface area contributed by atoms with Crippen LogP contribution in [0.4, 0.5) is 0 Å². The van der Waals surface area contributed by atoms with Gasteiger partial charge in [-0.1, -0.05) is 0 Å². The van der Waals surface area contributed by atoms with E-state index >= 15 is 0 Å². The first-order valence-corrected chi connectivity index (χ1v) is 5.43. The summed E-state index contributed by atoms with van der Waals surface area (Å²) in [6, 6.07) is 8.54. The Morgan fingerprint density at radius 2 is 2.12 bits per heavy atom. The predicted molar refractivity (Wildman–Crippen MR) is 34.8 cm³/mol. The summed E-state index contributed by atoms with van der Waals surface area (Å²) in [4.78, 5) is 0. The van der Waals surface area contributed by atoms with Gasteiger partial charge in [-0.3, -0.25) is 0 Å². The van der Waals surface area contributed by atoms with Crippen LogP contribution in [0.15, 0.2) is 24.3 Å². The molecule has 0 nitrogen and oxygen atoms in total. The van der Waals surface area contributed by atoms with Gasteiger partial charge in [0.1, 0.15) is 0 Å². The van der Waals surface area contributed by atoms with Crippen molar-refractivity contribution in [3.05, 3.63) is 29.8 Å². The first kappa shape index (κ1) is 4.66. The Morgan fingerprint density at radius 1 is 1.25 bits per heavy atom. The molecule has 0 radical (unpaired) electrons. The molecule has 0 bridgehead atoms. The Balaban J connectivity index is 2.77. The summed E-state index contributed by atoms with van der Waals surface area (Å²) in [7, 11) is 0. The zero-order chi connectivity index (χ0) is 5.40. The molecule has 0 spiro atoms. The zero-order valence-electron chi connectivity index (χ0n) is 4.31. The van der Waals surface area contributed by atoms with E-state index in [0.717, 1.165) is 0 Å². The van der Waals surface area contributed by atoms with E-state index in [0.29, 0.717) is 0 Å². The van der Waals surface area contributed by atoms with Crippen molar-refractivity contribution in [2.24, 2.45) is 0 Å². The molecule has 1 aromatic rings. The van der Waals surface area contributed by atoms with Crippen LogP contribution in [0.1, 0.15) is 5.56 Å². The van der Waals surface area contributed by atoms with Crippen molar-refractivity contribution in [2.45, 2.75) is 0 Å². The van der Waals surface area contributed by atoms with Gasteiger partial charge in [0.25, 0.3) is 0 Å². The number of hydrogen-bond acceptors (Lipinski definition) is 0. The van der Waals surface area contributed by atoms with Gasteiger partial charge >= 0.3 is 57.7 Å². The molecule has 1 aromatic carbocycles. The van der Waals surface area contributed by atoms with Crippen LogP contribution < -0.4 is 3.58 Å². The van der Waals surface area contributed by atoms with Crippen LogP contribution >= 0.6 is 0 Å². The molecule has 0 saturated carbocycles. The molecule has 2 rings (SSSR count). The van der Waals surface area contributed by atoms with E-state index < -0.39 is 0 Å². The van der Waals surface area contributed by atoms with Crippen molar-refractivity contribution < 1.29 is 0 Å². The maximum absolute atomic E-state index is 3.36. The molecule has 0 amide bonds. The molecule has 1 heterocycles. The van der Waals surface area contributed by atoms with Gasteiger partial charge in [-0.15, -0.1) is 0 Å². The molecule has 36 valence electrons. The zero-order valence-corrected chi connectivity index (χ0v) is 7.16. The monoisotopic (exact) mass is 208 g/mol. The van der Waals surface area contributed by atoms with Crippen molar-refractivity contribution in [2.75, 3.05) is 0 Å². The summed E-state index contributed by atoms with van der Waals surface area (Å²) in [6.45, 7) is 0. The molecule has 1 heteroatoms. The molecule has 0 N–H and O–H groups in total. The average Bonchev–Trinajstić information content (AvgIpc) is 1.72. The molecular formula is C7H4Sn. The fourth-order valence-electron chi connectivity index (χ4n) is 0.773. The number of hydrogen-bond donors (Lipinski definition) is 0. The Labute approximate surface area is 57.8 Å². The van der Waals surface area contributed by atoms with Gasteiger partial charge in [-0.05, 0) is 0 Å². The molecule has 0 aromatic heterocycles. The third-order valence-corrected chi connectivity index (χ3v) is 4.40. The van der Waals surface area contributed by atoms with Crippen molar-refractivity contribution in [1.82, 2.24) is 0 Å². The molecule has 1 aliphatic rings. The van der Waals surface area contributed by atoms with E-state index in [1.807, 2.05) is 0 Å². The SMILES string of the molecule is [C]1#[Sn][c]2ccccc21. The Hall–Kier alpha value is -0.201. The van der Waals surface area contributed by atoms with Crippen molar-refractivity contribution in [3.63, 3.8) is 0 Å². The van der Waals surface area contributed by atoms with Gasteiger partial charge in [0.05, 0.1) is 0 Å². The second-order valence-electron chi connectivity index (χ2n) is 1.80. The van der Waals surface area contributed by atoms with Crippen molar-refractivity contribution in [3.8, 4) is 3.82 Å². The van der Waals surface area contributed by atoms with Crippen LogP contribution in [0.5, 0.6) is 0 Å². The van der Waals surface area contributed by atoms with E-state index in [1.54, 1.807) is 3.58 Å². The van der Waals surface area contributed by atoms with E-state index in [-0.39, 0.29) is 20.5 Å². The van der Waals surface area contributed by atoms with Crippen LogP contribution in [0.25, 0.3) is 0 Å². The number of benzene rings is 1. The molecule has 0 aliphatic carbocycles. The van der Waals surface area contributed by atoms with Crippen LogP contribution in [0, 0.1) is 3.82 Å². The van der Waals surface area contributed by atoms with E-state index in [1.165, 1.54) is 5.56 Å². The van der Waals surface area contributed by atoms with Crippen molar-refractivity contribution in [1.29, 1.82) is 0 Å². The van der Waals surface area contributed by atoms with Crippen LogP contribution in [-0.4, -0.2) is 20.5 Å². The molecule has 1 aliphatic heterocycles. The van der Waals surface area contributed by atoms with E-state index in [4.69, 9.17) is 0 Å². The van der Waals surface area contributed by atoms with Crippen LogP contribution in [0.2, 0.25) is 0 Å². The Bertz CT molecular complexity index is 251. The molecular weight excluding hydrogens is 203 g/mol. The molecule has 8 heavy (non-hydrogen) atoms. The van der Waals surface area contributed by atoms with Gasteiger partial charge < -0.3 is 0 Å². The second-order valence-corrected chi connectivity index (χ2v) is 4.76. The summed E-state index contributed by atoms with van der Waals surface area (Å²) in [5.41, 5.74) is 1.37. The summed E-state index contributed by atoms with van der Waals surface area (Å²) in [6.07, 6.45) is 0. The topological polar surface area (TPSA) is 0 Å². The minimum atomic E-state index is -0.232. The predicted octanol–water partition coefficient (Wildman–Crippen LogP) is 0.337. The van der Waals surface area contributed by atoms with Crippen LogP contribution in [-0.2, 0) is 0 Å². The molecule has 0 atom stereocenters. The Morgan fingerprint density at radius 3 is 2.50 bits per heavy atom. The second kappa shape index (κ2) is 1.64. The quantitative estimate of drug-likeness (QED) is 0.546. The molecule has 0 fully saturated rings. The third-order valence-electron chi connectivity index (χ3n) is 1.26. The third kappa shape index (κ3) is 0.535. The van der Waals surface area contributed by atoms with E-state index in [2.05, 4.69) is 28.1 Å². The Kier molecular flexibility index (Phi) is 0.956. The van der Waals surface area contributed by atoms with Crippen LogP contribution in [0.3, 0.4) is 0 Å². The summed E-state index contributed by atoms with van der Waals surface area (Å²) in [5.74, 6) is 0. The summed E-state index contributed by atoms with van der Waals surface area (Å²) < 4.78 is 4.97. The summed E-state index contributed by atoms with van der Waals surface area (Å²) >= 11 is -0.232. The maximum atomic E-state index is 3.36.